The van der Waals surface area contributed by atoms with Gasteiger partial charge in [0, 0.05) is 35.1 Å². The number of carbonyl (C=O) groups is 1. The van der Waals surface area contributed by atoms with Gasteiger partial charge in [-0.1, -0.05) is 35.5 Å². The van der Waals surface area contributed by atoms with Crippen molar-refractivity contribution in [2.24, 2.45) is 0 Å². The van der Waals surface area contributed by atoms with E-state index in [1.54, 1.807) is 4.68 Å². The summed E-state index contributed by atoms with van der Waals surface area (Å²) < 4.78 is 9.61. The summed E-state index contributed by atoms with van der Waals surface area (Å²) in [7, 11) is 0. The van der Waals surface area contributed by atoms with Gasteiger partial charge in [-0.05, 0) is 67.3 Å². The lowest BCUT2D eigenvalue weighted by molar-refractivity contribution is 0.0912. The van der Waals surface area contributed by atoms with Crippen molar-refractivity contribution in [2.75, 3.05) is 12.4 Å². The van der Waals surface area contributed by atoms with E-state index in [2.05, 4.69) is 20.1 Å². The third-order valence-corrected chi connectivity index (χ3v) is 6.85. The maximum absolute atomic E-state index is 12.9. The van der Waals surface area contributed by atoms with Gasteiger partial charge in [-0.15, -0.1) is 5.10 Å². The molecule has 1 unspecified atom stereocenters. The molecule has 1 saturated heterocycles. The molecule has 31 heavy (non-hydrogen) atoms. The largest absolute Gasteiger partial charge is 0.376 e. The zero-order valence-corrected chi connectivity index (χ0v) is 19.3. The summed E-state index contributed by atoms with van der Waals surface area (Å²) in [5, 5.41) is 13.3. The number of carbonyl (C=O) groups excluding carboxylic acids is 1. The summed E-state index contributed by atoms with van der Waals surface area (Å²) in [5.41, 5.74) is 4.07. The summed E-state index contributed by atoms with van der Waals surface area (Å²) in [4.78, 5) is 12.9. The van der Waals surface area contributed by atoms with Gasteiger partial charge in [0.1, 0.15) is 0 Å². The molecular weight excluding hydrogens is 434 g/mol. The van der Waals surface area contributed by atoms with Crippen LogP contribution >= 0.6 is 23.4 Å². The third-order valence-electron chi connectivity index (χ3n) is 5.64. The van der Waals surface area contributed by atoms with Gasteiger partial charge in [0.15, 0.2) is 5.78 Å². The molecule has 0 aliphatic carbocycles. The van der Waals surface area contributed by atoms with Crippen LogP contribution < -0.4 is 0 Å². The molecule has 0 saturated carbocycles. The van der Waals surface area contributed by atoms with Gasteiger partial charge in [-0.2, -0.15) is 0 Å². The lowest BCUT2D eigenvalue weighted by Crippen LogP contribution is -2.17. The second-order valence-corrected chi connectivity index (χ2v) is 9.18. The molecule has 7 nitrogen and oxygen atoms in total. The van der Waals surface area contributed by atoms with E-state index in [-0.39, 0.29) is 11.9 Å². The van der Waals surface area contributed by atoms with Crippen molar-refractivity contribution in [1.82, 2.24) is 24.8 Å². The monoisotopic (exact) mass is 459 g/mol. The number of aryl methyl sites for hydroxylation is 2. The number of thioether (sulfide) groups is 1. The Kier molecular flexibility index (Phi) is 7.09. The number of ketones is 1. The zero-order chi connectivity index (χ0) is 21.8. The highest BCUT2D eigenvalue weighted by Crippen LogP contribution is 2.22. The number of ether oxygens (including phenoxy) is 1. The molecule has 9 heteroatoms. The summed E-state index contributed by atoms with van der Waals surface area (Å²) in [6, 6.07) is 9.88. The van der Waals surface area contributed by atoms with Gasteiger partial charge in [-0.3, -0.25) is 4.79 Å². The Hall–Kier alpha value is -2.16. The molecule has 3 aromatic rings. The van der Waals surface area contributed by atoms with Crippen molar-refractivity contribution in [3.8, 4) is 0 Å². The van der Waals surface area contributed by atoms with Crippen molar-refractivity contribution < 1.29 is 9.53 Å². The second-order valence-electron chi connectivity index (χ2n) is 7.80. The first-order chi connectivity index (χ1) is 15.0. The first-order valence-electron chi connectivity index (χ1n) is 10.5. The fourth-order valence-corrected chi connectivity index (χ4v) is 4.82. The number of benzene rings is 1. The molecule has 4 rings (SSSR count). The van der Waals surface area contributed by atoms with Gasteiger partial charge >= 0.3 is 0 Å². The summed E-state index contributed by atoms with van der Waals surface area (Å²) in [6.45, 7) is 6.29. The van der Waals surface area contributed by atoms with E-state index >= 15 is 0 Å². The van der Waals surface area contributed by atoms with E-state index in [0.717, 1.165) is 54.4 Å². The van der Waals surface area contributed by atoms with Crippen LogP contribution in [0.15, 0.2) is 35.5 Å². The molecule has 0 spiro atoms. The van der Waals surface area contributed by atoms with Crippen LogP contribution in [0.1, 0.15) is 40.2 Å². The topological polar surface area (TPSA) is 74.8 Å². The van der Waals surface area contributed by atoms with E-state index in [1.807, 2.05) is 44.2 Å². The average Bonchev–Trinajstić information content (AvgIpc) is 3.49. The molecule has 2 aromatic heterocycles. The number of aromatic nitrogens is 5. The van der Waals surface area contributed by atoms with E-state index in [9.17, 15) is 4.79 Å². The van der Waals surface area contributed by atoms with Crippen LogP contribution in [0.3, 0.4) is 0 Å². The molecule has 3 heterocycles. The standard InChI is InChI=1S/C22H26ClN5O2S/c1-15-12-20(16(2)27(15)10-9-17-5-7-18(23)8-6-17)21(29)14-31-22-24-25-26-28(22)13-19-4-3-11-30-19/h5-8,12,19H,3-4,9-11,13-14H2,1-2H3. The fourth-order valence-electron chi connectivity index (χ4n) is 3.92. The molecule has 1 aliphatic heterocycles. The number of Topliss-reactive ketones (excluding diaryl/α,β-unsaturated/α-hetero) is 1. The van der Waals surface area contributed by atoms with Gasteiger partial charge < -0.3 is 9.30 Å². The number of tetrazole rings is 1. The Balaban J connectivity index is 1.37. The van der Waals surface area contributed by atoms with Crippen LogP contribution in [0.5, 0.6) is 0 Å². The predicted molar refractivity (Wildman–Crippen MR) is 121 cm³/mol. The van der Waals surface area contributed by atoms with Crippen LogP contribution in [-0.4, -0.2) is 49.0 Å². The molecule has 1 fully saturated rings. The molecule has 164 valence electrons. The minimum absolute atomic E-state index is 0.0857. The smallest absolute Gasteiger partial charge is 0.209 e. The second kappa shape index (κ2) is 9.97. The molecule has 0 radical (unpaired) electrons. The predicted octanol–water partition coefficient (Wildman–Crippen LogP) is 4.14. The third kappa shape index (κ3) is 5.37. The van der Waals surface area contributed by atoms with Gasteiger partial charge in [0.05, 0.1) is 18.4 Å². The van der Waals surface area contributed by atoms with Gasteiger partial charge in [0.25, 0.3) is 0 Å². The lowest BCUT2D eigenvalue weighted by Gasteiger charge is -2.10. The van der Waals surface area contributed by atoms with Gasteiger partial charge in [-0.25, -0.2) is 4.68 Å². The molecule has 1 atom stereocenters. The van der Waals surface area contributed by atoms with E-state index in [0.29, 0.717) is 17.5 Å². The lowest BCUT2D eigenvalue weighted by atomic mass is 10.1. The maximum Gasteiger partial charge on any atom is 0.209 e. The van der Waals surface area contributed by atoms with Crippen molar-refractivity contribution in [2.45, 2.75) is 57.5 Å². The number of hydrogen-bond donors (Lipinski definition) is 0. The van der Waals surface area contributed by atoms with Gasteiger partial charge in [0.2, 0.25) is 5.16 Å². The molecule has 1 aliphatic rings. The van der Waals surface area contributed by atoms with Crippen LogP contribution in [0.25, 0.3) is 0 Å². The van der Waals surface area contributed by atoms with Crippen LogP contribution in [-0.2, 0) is 24.2 Å². The maximum atomic E-state index is 12.9. The van der Waals surface area contributed by atoms with Crippen molar-refractivity contribution in [1.29, 1.82) is 0 Å². The SMILES string of the molecule is Cc1cc(C(=O)CSc2nnnn2CC2CCCO2)c(C)n1CCc1ccc(Cl)cc1. The van der Waals surface area contributed by atoms with Crippen molar-refractivity contribution >= 4 is 29.1 Å². The Labute approximate surface area is 191 Å². The zero-order valence-electron chi connectivity index (χ0n) is 17.8. The Bertz CT molecular complexity index is 1040. The van der Waals surface area contributed by atoms with E-state index in [4.69, 9.17) is 16.3 Å². The number of rotatable bonds is 9. The van der Waals surface area contributed by atoms with Crippen LogP contribution in [0.4, 0.5) is 0 Å². The molecular formula is C22H26ClN5O2S. The molecule has 0 N–H and O–H groups in total. The van der Waals surface area contributed by atoms with Crippen LogP contribution in [0, 0.1) is 13.8 Å². The first-order valence-corrected chi connectivity index (χ1v) is 11.8. The minimum Gasteiger partial charge on any atom is -0.376 e. The first kappa shape index (κ1) is 22.0. The van der Waals surface area contributed by atoms with Crippen LogP contribution in [0.2, 0.25) is 5.02 Å². The molecule has 1 aromatic carbocycles. The highest BCUT2D eigenvalue weighted by molar-refractivity contribution is 7.99. The highest BCUT2D eigenvalue weighted by Gasteiger charge is 2.21. The Morgan fingerprint density at radius 2 is 2.10 bits per heavy atom. The summed E-state index contributed by atoms with van der Waals surface area (Å²) in [6.07, 6.45) is 3.12. The fraction of sp³-hybridized carbons (Fsp3) is 0.455. The number of nitrogens with zero attached hydrogens (tertiary/aromatic N) is 5. The Morgan fingerprint density at radius 3 is 2.84 bits per heavy atom. The molecule has 0 amide bonds. The number of hydrogen-bond acceptors (Lipinski definition) is 6. The van der Waals surface area contributed by atoms with Crippen molar-refractivity contribution in [3.05, 3.63) is 57.9 Å². The normalized spacial score (nSPS) is 16.2. The average molecular weight is 460 g/mol. The Morgan fingerprint density at radius 1 is 1.29 bits per heavy atom. The minimum atomic E-state index is 0.0857. The van der Waals surface area contributed by atoms with Crippen molar-refractivity contribution in [3.63, 3.8) is 0 Å². The van der Waals surface area contributed by atoms with E-state index in [1.165, 1.54) is 17.3 Å². The molecule has 0 bridgehead atoms. The summed E-state index contributed by atoms with van der Waals surface area (Å²) in [5.74, 6) is 0.385. The quantitative estimate of drug-likeness (QED) is 0.353. The summed E-state index contributed by atoms with van der Waals surface area (Å²) >= 11 is 7.35. The van der Waals surface area contributed by atoms with E-state index < -0.39 is 0 Å². The number of halogens is 1. The highest BCUT2D eigenvalue weighted by atomic mass is 35.5.